The van der Waals surface area contributed by atoms with E-state index >= 15 is 0 Å². The van der Waals surface area contributed by atoms with Gasteiger partial charge < -0.3 is 14.6 Å². The molecule has 2 heterocycles. The first kappa shape index (κ1) is 15.7. The van der Waals surface area contributed by atoms with Crippen LogP contribution in [0.3, 0.4) is 0 Å². The maximum Gasteiger partial charge on any atom is 0.249 e. The summed E-state index contributed by atoms with van der Waals surface area (Å²) < 4.78 is 7.57. The zero-order chi connectivity index (χ0) is 16.2. The van der Waals surface area contributed by atoms with E-state index in [9.17, 15) is 4.79 Å². The predicted molar refractivity (Wildman–Crippen MR) is 88.4 cm³/mol. The van der Waals surface area contributed by atoms with Crippen molar-refractivity contribution >= 4 is 5.91 Å². The minimum absolute atomic E-state index is 0.00766. The number of aromatic nitrogens is 2. The fraction of sp³-hybridized carbons (Fsp3) is 0.444. The Morgan fingerprint density at radius 2 is 2.13 bits per heavy atom. The summed E-state index contributed by atoms with van der Waals surface area (Å²) in [5.41, 5.74) is 2.15. The molecule has 5 heteroatoms. The maximum absolute atomic E-state index is 12.2. The van der Waals surface area contributed by atoms with E-state index < -0.39 is 0 Å². The zero-order valence-electron chi connectivity index (χ0n) is 13.7. The van der Waals surface area contributed by atoms with E-state index in [4.69, 9.17) is 4.74 Å². The van der Waals surface area contributed by atoms with Crippen LogP contribution in [-0.4, -0.2) is 28.2 Å². The quantitative estimate of drug-likeness (QED) is 0.944. The molecule has 122 valence electrons. The van der Waals surface area contributed by atoms with Crippen molar-refractivity contribution < 1.29 is 9.53 Å². The van der Waals surface area contributed by atoms with Gasteiger partial charge in [0.15, 0.2) is 0 Å². The first-order chi connectivity index (χ1) is 11.1. The van der Waals surface area contributed by atoms with Crippen LogP contribution in [0.1, 0.15) is 43.6 Å². The standard InChI is InChI=1S/C18H23N3O2/c1-13(20-18(22)17-5-3-4-12-23-17)15-6-8-16(9-7-15)21-11-10-19-14(21)2/h6-11,13,17H,3-5,12H2,1-2H3,(H,20,22). The molecule has 1 aromatic heterocycles. The number of hydrogen-bond acceptors (Lipinski definition) is 3. The van der Waals surface area contributed by atoms with Gasteiger partial charge in [-0.1, -0.05) is 12.1 Å². The molecule has 5 nitrogen and oxygen atoms in total. The molecule has 23 heavy (non-hydrogen) atoms. The summed E-state index contributed by atoms with van der Waals surface area (Å²) in [5.74, 6) is 0.945. The van der Waals surface area contributed by atoms with Crippen molar-refractivity contribution in [3.8, 4) is 5.69 Å². The summed E-state index contributed by atoms with van der Waals surface area (Å²) in [5, 5.41) is 3.05. The third-order valence-electron chi connectivity index (χ3n) is 4.33. The second-order valence-electron chi connectivity index (χ2n) is 6.02. The SMILES string of the molecule is Cc1nccn1-c1ccc(C(C)NC(=O)C2CCCCO2)cc1. The molecular weight excluding hydrogens is 290 g/mol. The van der Waals surface area contributed by atoms with Gasteiger partial charge in [-0.15, -0.1) is 0 Å². The van der Waals surface area contributed by atoms with E-state index in [1.165, 1.54) is 0 Å². The van der Waals surface area contributed by atoms with Crippen LogP contribution in [0.25, 0.3) is 5.69 Å². The molecular formula is C18H23N3O2. The molecule has 1 amide bonds. The Balaban J connectivity index is 1.64. The average molecular weight is 313 g/mol. The summed E-state index contributed by atoms with van der Waals surface area (Å²) in [4.78, 5) is 16.5. The van der Waals surface area contributed by atoms with Gasteiger partial charge in [-0.2, -0.15) is 0 Å². The Kier molecular flexibility index (Phi) is 4.76. The fourth-order valence-electron chi connectivity index (χ4n) is 2.91. The monoisotopic (exact) mass is 313 g/mol. The predicted octanol–water partition coefficient (Wildman–Crippen LogP) is 2.93. The number of benzene rings is 1. The summed E-state index contributed by atoms with van der Waals surface area (Å²) in [6.07, 6.45) is 6.36. The van der Waals surface area contributed by atoms with Crippen LogP contribution in [0.2, 0.25) is 0 Å². The molecule has 1 aliphatic rings. The van der Waals surface area contributed by atoms with Gasteiger partial charge in [-0.25, -0.2) is 4.98 Å². The Morgan fingerprint density at radius 3 is 2.74 bits per heavy atom. The van der Waals surface area contributed by atoms with Gasteiger partial charge in [0.25, 0.3) is 0 Å². The number of nitrogens with one attached hydrogen (secondary N) is 1. The molecule has 0 bridgehead atoms. The largest absolute Gasteiger partial charge is 0.368 e. The lowest BCUT2D eigenvalue weighted by atomic mass is 10.1. The van der Waals surface area contributed by atoms with Gasteiger partial charge in [0, 0.05) is 24.7 Å². The topological polar surface area (TPSA) is 56.2 Å². The molecule has 1 saturated heterocycles. The average Bonchev–Trinajstić information content (AvgIpc) is 3.02. The minimum Gasteiger partial charge on any atom is -0.368 e. The van der Waals surface area contributed by atoms with E-state index in [1.807, 2.05) is 48.9 Å². The number of rotatable bonds is 4. The number of ether oxygens (including phenoxy) is 1. The van der Waals surface area contributed by atoms with E-state index in [1.54, 1.807) is 6.20 Å². The summed E-state index contributed by atoms with van der Waals surface area (Å²) in [6.45, 7) is 4.66. The van der Waals surface area contributed by atoms with Crippen molar-refractivity contribution in [3.05, 3.63) is 48.0 Å². The van der Waals surface area contributed by atoms with Crippen LogP contribution in [-0.2, 0) is 9.53 Å². The number of amides is 1. The van der Waals surface area contributed by atoms with Gasteiger partial charge in [0.1, 0.15) is 11.9 Å². The molecule has 0 saturated carbocycles. The van der Waals surface area contributed by atoms with Crippen LogP contribution in [0.5, 0.6) is 0 Å². The van der Waals surface area contributed by atoms with Crippen LogP contribution < -0.4 is 5.32 Å². The summed E-state index contributed by atoms with van der Waals surface area (Å²) in [6, 6.07) is 8.14. The number of carbonyl (C=O) groups is 1. The van der Waals surface area contributed by atoms with E-state index in [0.29, 0.717) is 6.61 Å². The lowest BCUT2D eigenvalue weighted by Crippen LogP contribution is -2.39. The highest BCUT2D eigenvalue weighted by Gasteiger charge is 2.23. The van der Waals surface area contributed by atoms with Crippen molar-refractivity contribution in [3.63, 3.8) is 0 Å². The Hall–Kier alpha value is -2.14. The van der Waals surface area contributed by atoms with Gasteiger partial charge in [-0.3, -0.25) is 4.79 Å². The molecule has 1 aliphatic heterocycles. The van der Waals surface area contributed by atoms with E-state index in [0.717, 1.165) is 36.3 Å². The van der Waals surface area contributed by atoms with Gasteiger partial charge in [0.05, 0.1) is 6.04 Å². The Morgan fingerprint density at radius 1 is 1.35 bits per heavy atom. The zero-order valence-corrected chi connectivity index (χ0v) is 13.7. The second-order valence-corrected chi connectivity index (χ2v) is 6.02. The molecule has 1 N–H and O–H groups in total. The molecule has 0 aliphatic carbocycles. The van der Waals surface area contributed by atoms with Gasteiger partial charge >= 0.3 is 0 Å². The highest BCUT2D eigenvalue weighted by atomic mass is 16.5. The molecule has 1 fully saturated rings. The number of carbonyl (C=O) groups excluding carboxylic acids is 1. The first-order valence-corrected chi connectivity index (χ1v) is 8.17. The third-order valence-corrected chi connectivity index (χ3v) is 4.33. The van der Waals surface area contributed by atoms with Crippen LogP contribution in [0, 0.1) is 6.92 Å². The lowest BCUT2D eigenvalue weighted by Gasteiger charge is -2.24. The Bertz CT molecular complexity index is 657. The molecule has 3 rings (SSSR count). The second kappa shape index (κ2) is 6.96. The van der Waals surface area contributed by atoms with Crippen LogP contribution in [0.4, 0.5) is 0 Å². The number of imidazole rings is 1. The number of hydrogen-bond donors (Lipinski definition) is 1. The smallest absolute Gasteiger partial charge is 0.249 e. The summed E-state index contributed by atoms with van der Waals surface area (Å²) in [7, 11) is 0. The minimum atomic E-state index is -0.293. The lowest BCUT2D eigenvalue weighted by molar-refractivity contribution is -0.136. The van der Waals surface area contributed by atoms with Crippen LogP contribution >= 0.6 is 0 Å². The number of aryl methyl sites for hydroxylation is 1. The van der Waals surface area contributed by atoms with Crippen LogP contribution in [0.15, 0.2) is 36.7 Å². The van der Waals surface area contributed by atoms with E-state index in [-0.39, 0.29) is 18.1 Å². The van der Waals surface area contributed by atoms with E-state index in [2.05, 4.69) is 10.3 Å². The highest BCUT2D eigenvalue weighted by molar-refractivity contribution is 5.81. The molecule has 0 spiro atoms. The molecule has 2 aromatic rings. The normalized spacial score (nSPS) is 19.3. The van der Waals surface area contributed by atoms with Gasteiger partial charge in [0.2, 0.25) is 5.91 Å². The highest BCUT2D eigenvalue weighted by Crippen LogP contribution is 2.18. The fourth-order valence-corrected chi connectivity index (χ4v) is 2.91. The Labute approximate surface area is 136 Å². The van der Waals surface area contributed by atoms with Crippen molar-refractivity contribution in [2.24, 2.45) is 0 Å². The van der Waals surface area contributed by atoms with Crippen molar-refractivity contribution in [2.75, 3.05) is 6.61 Å². The molecule has 2 unspecified atom stereocenters. The first-order valence-electron chi connectivity index (χ1n) is 8.17. The molecule has 2 atom stereocenters. The van der Waals surface area contributed by atoms with Crippen molar-refractivity contribution in [2.45, 2.75) is 45.3 Å². The van der Waals surface area contributed by atoms with Gasteiger partial charge in [-0.05, 0) is 50.8 Å². The number of nitrogens with zero attached hydrogens (tertiary/aromatic N) is 2. The van der Waals surface area contributed by atoms with Crippen molar-refractivity contribution in [1.29, 1.82) is 0 Å². The maximum atomic E-state index is 12.2. The molecule has 0 radical (unpaired) electrons. The third kappa shape index (κ3) is 3.62. The van der Waals surface area contributed by atoms with Crippen molar-refractivity contribution in [1.82, 2.24) is 14.9 Å². The summed E-state index contributed by atoms with van der Waals surface area (Å²) >= 11 is 0. The molecule has 1 aromatic carbocycles.